The Kier molecular flexibility index (Phi) is 1.58. The van der Waals surface area contributed by atoms with Crippen LogP contribution >= 0.6 is 11.3 Å². The van der Waals surface area contributed by atoms with Crippen molar-refractivity contribution >= 4 is 26.3 Å². The van der Waals surface area contributed by atoms with Crippen molar-refractivity contribution in [3.63, 3.8) is 0 Å². The van der Waals surface area contributed by atoms with Crippen molar-refractivity contribution in [1.29, 1.82) is 0 Å². The van der Waals surface area contributed by atoms with Gasteiger partial charge in [0.05, 0.1) is 11.5 Å². The van der Waals surface area contributed by atoms with Crippen LogP contribution in [-0.4, -0.2) is 30.1 Å². The topological polar surface area (TPSA) is 85.9 Å². The van der Waals surface area contributed by atoms with Crippen molar-refractivity contribution in [2.75, 3.05) is 17.2 Å². The fraction of sp³-hybridized carbons (Fsp3) is 0.600. The summed E-state index contributed by atoms with van der Waals surface area (Å²) in [4.78, 5) is 0. The van der Waals surface area contributed by atoms with Gasteiger partial charge in [-0.25, -0.2) is 8.42 Å². The van der Waals surface area contributed by atoms with Gasteiger partial charge in [0, 0.05) is 5.92 Å². The van der Waals surface area contributed by atoms with E-state index < -0.39 is 9.84 Å². The summed E-state index contributed by atoms with van der Waals surface area (Å²) in [5.74, 6) is 0.424. The molecule has 0 saturated carbocycles. The maximum absolute atomic E-state index is 10.8. The minimum absolute atomic E-state index is 0.0322. The number of rotatable bonds is 1. The van der Waals surface area contributed by atoms with Crippen molar-refractivity contribution in [1.82, 2.24) is 10.2 Å². The molecule has 0 aromatic carbocycles. The van der Waals surface area contributed by atoms with Gasteiger partial charge in [-0.3, -0.25) is 0 Å². The fourth-order valence-corrected chi connectivity index (χ4v) is 3.48. The van der Waals surface area contributed by atoms with Crippen LogP contribution in [0.4, 0.5) is 5.13 Å². The highest BCUT2D eigenvalue weighted by Crippen LogP contribution is 2.31. The van der Waals surface area contributed by atoms with Crippen LogP contribution in [-0.2, 0) is 9.84 Å². The molecular formula is C5H7N3O2S2. The predicted octanol–water partition coefficient (Wildman–Crippen LogP) is -0.368. The Morgan fingerprint density at radius 3 is 2.50 bits per heavy atom. The van der Waals surface area contributed by atoms with Crippen LogP contribution in [0, 0.1) is 0 Å². The van der Waals surface area contributed by atoms with Crippen LogP contribution in [0.1, 0.15) is 10.9 Å². The summed E-state index contributed by atoms with van der Waals surface area (Å²) < 4.78 is 21.6. The van der Waals surface area contributed by atoms with Gasteiger partial charge in [-0.15, -0.1) is 10.2 Å². The van der Waals surface area contributed by atoms with Gasteiger partial charge in [0.25, 0.3) is 0 Å². The van der Waals surface area contributed by atoms with E-state index in [0.29, 0.717) is 5.13 Å². The number of sulfone groups is 1. The largest absolute Gasteiger partial charge is 0.374 e. The van der Waals surface area contributed by atoms with Crippen LogP contribution in [0.2, 0.25) is 0 Å². The van der Waals surface area contributed by atoms with Gasteiger partial charge in [-0.1, -0.05) is 11.3 Å². The second-order valence-corrected chi connectivity index (χ2v) is 5.95. The number of nitrogens with zero attached hydrogens (tertiary/aromatic N) is 2. The normalized spacial score (nSPS) is 22.0. The Morgan fingerprint density at radius 1 is 1.42 bits per heavy atom. The molecule has 0 amide bonds. The van der Waals surface area contributed by atoms with E-state index in [4.69, 9.17) is 5.73 Å². The SMILES string of the molecule is Nc1nnc(C2CS(=O)(=O)C2)s1. The summed E-state index contributed by atoms with van der Waals surface area (Å²) in [5, 5.41) is 8.54. The van der Waals surface area contributed by atoms with E-state index in [1.54, 1.807) is 0 Å². The molecule has 1 saturated heterocycles. The Hall–Kier alpha value is -0.690. The quantitative estimate of drug-likeness (QED) is 0.676. The van der Waals surface area contributed by atoms with Crippen LogP contribution in [0.25, 0.3) is 0 Å². The molecule has 66 valence electrons. The summed E-state index contributed by atoms with van der Waals surface area (Å²) in [6, 6.07) is 0. The van der Waals surface area contributed by atoms with E-state index in [2.05, 4.69) is 10.2 Å². The lowest BCUT2D eigenvalue weighted by atomic mass is 10.2. The van der Waals surface area contributed by atoms with Gasteiger partial charge in [-0.2, -0.15) is 0 Å². The molecule has 5 nitrogen and oxygen atoms in total. The Balaban J connectivity index is 2.15. The van der Waals surface area contributed by atoms with Gasteiger partial charge >= 0.3 is 0 Å². The third kappa shape index (κ3) is 1.29. The summed E-state index contributed by atoms with van der Waals surface area (Å²) in [5.41, 5.74) is 5.36. The van der Waals surface area contributed by atoms with Crippen molar-refractivity contribution in [2.45, 2.75) is 5.92 Å². The predicted molar refractivity (Wildman–Crippen MR) is 45.7 cm³/mol. The van der Waals surface area contributed by atoms with Crippen LogP contribution < -0.4 is 5.73 Å². The Bertz CT molecular complexity index is 385. The van der Waals surface area contributed by atoms with E-state index >= 15 is 0 Å². The van der Waals surface area contributed by atoms with Gasteiger partial charge in [0.2, 0.25) is 5.13 Å². The maximum atomic E-state index is 10.8. The lowest BCUT2D eigenvalue weighted by Crippen LogP contribution is -2.34. The molecule has 2 N–H and O–H groups in total. The maximum Gasteiger partial charge on any atom is 0.203 e. The molecule has 0 bridgehead atoms. The minimum Gasteiger partial charge on any atom is -0.374 e. The highest BCUT2D eigenvalue weighted by molar-refractivity contribution is 7.92. The van der Waals surface area contributed by atoms with Crippen molar-refractivity contribution in [3.05, 3.63) is 5.01 Å². The number of hydrogen-bond donors (Lipinski definition) is 1. The number of nitrogens with two attached hydrogens (primary N) is 1. The molecular weight excluding hydrogens is 198 g/mol. The highest BCUT2D eigenvalue weighted by atomic mass is 32.2. The lowest BCUT2D eigenvalue weighted by molar-refractivity contribution is 0.564. The Labute approximate surface area is 73.5 Å². The molecule has 12 heavy (non-hydrogen) atoms. The first-order valence-corrected chi connectivity index (χ1v) is 6.00. The molecule has 1 aliphatic rings. The molecule has 1 fully saturated rings. The molecule has 0 aliphatic carbocycles. The second kappa shape index (κ2) is 2.40. The molecule has 0 unspecified atom stereocenters. The minimum atomic E-state index is -2.77. The molecule has 7 heteroatoms. The van der Waals surface area contributed by atoms with Gasteiger partial charge in [0.15, 0.2) is 9.84 Å². The zero-order valence-electron chi connectivity index (χ0n) is 6.10. The first-order chi connectivity index (χ1) is 5.57. The molecule has 2 rings (SSSR count). The van der Waals surface area contributed by atoms with E-state index in [-0.39, 0.29) is 17.4 Å². The molecule has 1 aromatic heterocycles. The third-order valence-corrected chi connectivity index (χ3v) is 4.45. The smallest absolute Gasteiger partial charge is 0.203 e. The highest BCUT2D eigenvalue weighted by Gasteiger charge is 2.36. The first kappa shape index (κ1) is 7.93. The standard InChI is InChI=1S/C5H7N3O2S2/c6-5-8-7-4(11-5)3-1-12(9,10)2-3/h3H,1-2H2,(H2,6,8). The van der Waals surface area contributed by atoms with Crippen molar-refractivity contribution in [3.8, 4) is 0 Å². The lowest BCUT2D eigenvalue weighted by Gasteiger charge is -2.22. The molecule has 0 radical (unpaired) electrons. The van der Waals surface area contributed by atoms with Gasteiger partial charge in [0.1, 0.15) is 5.01 Å². The van der Waals surface area contributed by atoms with Crippen LogP contribution in [0.3, 0.4) is 0 Å². The zero-order valence-corrected chi connectivity index (χ0v) is 7.73. The third-order valence-electron chi connectivity index (χ3n) is 1.72. The van der Waals surface area contributed by atoms with Crippen molar-refractivity contribution in [2.24, 2.45) is 0 Å². The summed E-state index contributed by atoms with van der Waals surface area (Å²) in [6.45, 7) is 0. The second-order valence-electron chi connectivity index (χ2n) is 2.75. The summed E-state index contributed by atoms with van der Waals surface area (Å²) in [7, 11) is -2.77. The van der Waals surface area contributed by atoms with Crippen LogP contribution in [0.5, 0.6) is 0 Å². The van der Waals surface area contributed by atoms with E-state index in [1.165, 1.54) is 11.3 Å². The number of nitrogen functional groups attached to an aromatic ring is 1. The Morgan fingerprint density at radius 2 is 2.08 bits per heavy atom. The van der Waals surface area contributed by atoms with Gasteiger partial charge < -0.3 is 5.73 Å². The van der Waals surface area contributed by atoms with E-state index in [0.717, 1.165) is 5.01 Å². The number of aromatic nitrogens is 2. The first-order valence-electron chi connectivity index (χ1n) is 3.36. The monoisotopic (exact) mass is 205 g/mol. The van der Waals surface area contributed by atoms with Crippen molar-refractivity contribution < 1.29 is 8.42 Å². The van der Waals surface area contributed by atoms with Gasteiger partial charge in [-0.05, 0) is 0 Å². The molecule has 1 aromatic rings. The number of hydrogen-bond acceptors (Lipinski definition) is 6. The summed E-state index contributed by atoms with van der Waals surface area (Å²) in [6.07, 6.45) is 0. The molecule has 1 aliphatic heterocycles. The molecule has 0 spiro atoms. The molecule has 0 atom stereocenters. The van der Waals surface area contributed by atoms with E-state index in [9.17, 15) is 8.42 Å². The average molecular weight is 205 g/mol. The summed E-state index contributed by atoms with van der Waals surface area (Å²) >= 11 is 1.26. The van der Waals surface area contributed by atoms with Crippen LogP contribution in [0.15, 0.2) is 0 Å². The zero-order chi connectivity index (χ0) is 8.77. The van der Waals surface area contributed by atoms with E-state index in [1.807, 2.05) is 0 Å². The number of anilines is 1. The fourth-order valence-electron chi connectivity index (χ4n) is 1.12. The average Bonchev–Trinajstić information content (AvgIpc) is 2.30. The molecule has 2 heterocycles.